The van der Waals surface area contributed by atoms with Crippen molar-refractivity contribution >= 4 is 32.8 Å². The van der Waals surface area contributed by atoms with E-state index >= 15 is 0 Å². The minimum absolute atomic E-state index is 0.0879. The number of aromatic nitrogens is 2. The number of nitrogens with zero attached hydrogens (tertiary/aromatic N) is 2. The molecule has 7 nitrogen and oxygen atoms in total. The minimum Gasteiger partial charge on any atom is -0.495 e. The Hall–Kier alpha value is -2.94. The summed E-state index contributed by atoms with van der Waals surface area (Å²) in [5, 5.41) is 9.29. The molecule has 27 heavy (non-hydrogen) atoms. The van der Waals surface area contributed by atoms with Crippen molar-refractivity contribution in [2.24, 2.45) is 0 Å². The highest BCUT2D eigenvalue weighted by Crippen LogP contribution is 2.22. The second-order valence-electron chi connectivity index (χ2n) is 5.75. The number of fused-ring (bicyclic) bond motifs is 1. The highest BCUT2D eigenvalue weighted by atomic mass is 79.9. The maximum atomic E-state index is 14.2. The minimum atomic E-state index is -1.26. The summed E-state index contributed by atoms with van der Waals surface area (Å²) in [4.78, 5) is 37.0. The molecule has 1 aromatic heterocycles. The van der Waals surface area contributed by atoms with Crippen LogP contribution >= 0.6 is 15.9 Å². The summed E-state index contributed by atoms with van der Waals surface area (Å²) in [5.41, 5.74) is -1.30. The molecule has 3 aromatic rings. The second-order valence-corrected chi connectivity index (χ2v) is 6.66. The Balaban J connectivity index is 2.32. The Labute approximate surface area is 160 Å². The molecule has 0 aliphatic rings. The van der Waals surface area contributed by atoms with Crippen molar-refractivity contribution in [1.29, 1.82) is 0 Å². The van der Waals surface area contributed by atoms with Crippen LogP contribution in [0, 0.1) is 5.82 Å². The molecule has 0 saturated heterocycles. The number of carboxylic acids is 1. The lowest BCUT2D eigenvalue weighted by atomic mass is 10.2. The Morgan fingerprint density at radius 2 is 1.96 bits per heavy atom. The molecule has 1 N–H and O–H groups in total. The average Bonchev–Trinajstić information content (AvgIpc) is 2.63. The monoisotopic (exact) mass is 436 g/mol. The zero-order valence-electron chi connectivity index (χ0n) is 14.1. The van der Waals surface area contributed by atoms with Crippen molar-refractivity contribution < 1.29 is 19.0 Å². The Bertz CT molecular complexity index is 1170. The number of carbonyl (C=O) groups is 1. The number of hydrogen-bond acceptors (Lipinski definition) is 4. The maximum absolute atomic E-state index is 14.2. The van der Waals surface area contributed by atoms with Crippen LogP contribution in [0.3, 0.4) is 0 Å². The Morgan fingerprint density at radius 3 is 2.59 bits per heavy atom. The van der Waals surface area contributed by atoms with E-state index < -0.39 is 29.6 Å². The van der Waals surface area contributed by atoms with E-state index in [0.29, 0.717) is 4.47 Å². The van der Waals surface area contributed by atoms with Gasteiger partial charge >= 0.3 is 11.7 Å². The van der Waals surface area contributed by atoms with Crippen molar-refractivity contribution in [3.05, 3.63) is 73.1 Å². The first-order valence-corrected chi connectivity index (χ1v) is 8.59. The van der Waals surface area contributed by atoms with E-state index in [0.717, 1.165) is 9.13 Å². The fourth-order valence-electron chi connectivity index (χ4n) is 2.85. The van der Waals surface area contributed by atoms with Crippen LogP contribution in [0.5, 0.6) is 5.75 Å². The lowest BCUT2D eigenvalue weighted by molar-refractivity contribution is -0.137. The van der Waals surface area contributed by atoms with Crippen LogP contribution < -0.4 is 16.0 Å². The number of hydrogen-bond donors (Lipinski definition) is 1. The summed E-state index contributed by atoms with van der Waals surface area (Å²) in [6.45, 7) is -0.998. The fraction of sp³-hybridized carbons (Fsp3) is 0.167. The number of methoxy groups -OCH3 is 1. The SMILES string of the molecule is COc1cccc2c(=O)n(Cc3ccc(Br)cc3F)c(=O)n(CC(=O)O)c12. The van der Waals surface area contributed by atoms with Crippen LogP contribution in [0.15, 0.2) is 50.5 Å². The van der Waals surface area contributed by atoms with Crippen molar-refractivity contribution in [3.8, 4) is 5.75 Å². The highest BCUT2D eigenvalue weighted by molar-refractivity contribution is 9.10. The first kappa shape index (κ1) is 18.8. The third-order valence-electron chi connectivity index (χ3n) is 4.06. The smallest absolute Gasteiger partial charge is 0.332 e. The summed E-state index contributed by atoms with van der Waals surface area (Å²) < 4.78 is 21.6. The van der Waals surface area contributed by atoms with E-state index in [9.17, 15) is 23.9 Å². The van der Waals surface area contributed by atoms with Gasteiger partial charge in [-0.05, 0) is 24.3 Å². The molecule has 9 heteroatoms. The molecule has 1 heterocycles. The first-order chi connectivity index (χ1) is 12.8. The number of halogens is 2. The van der Waals surface area contributed by atoms with Crippen LogP contribution in [0.4, 0.5) is 4.39 Å². The molecule has 140 valence electrons. The van der Waals surface area contributed by atoms with Gasteiger partial charge < -0.3 is 9.84 Å². The molecule has 0 unspecified atom stereocenters. The average molecular weight is 437 g/mol. The van der Waals surface area contributed by atoms with Gasteiger partial charge in [0.15, 0.2) is 0 Å². The second kappa shape index (κ2) is 7.36. The maximum Gasteiger partial charge on any atom is 0.332 e. The molecule has 2 aromatic carbocycles. The zero-order valence-corrected chi connectivity index (χ0v) is 15.7. The van der Waals surface area contributed by atoms with Gasteiger partial charge in [0.25, 0.3) is 5.56 Å². The molecule has 0 amide bonds. The molecule has 0 saturated carbocycles. The predicted octanol–water partition coefficient (Wildman–Crippen LogP) is 2.21. The molecule has 3 rings (SSSR count). The zero-order chi connectivity index (χ0) is 19.7. The number of para-hydroxylation sites is 1. The van der Waals surface area contributed by atoms with Gasteiger partial charge in [0.1, 0.15) is 23.6 Å². The Morgan fingerprint density at radius 1 is 1.22 bits per heavy atom. The summed E-state index contributed by atoms with van der Waals surface area (Å²) >= 11 is 3.14. The summed E-state index contributed by atoms with van der Waals surface area (Å²) in [6.07, 6.45) is 0. The molecule has 0 spiro atoms. The predicted molar refractivity (Wildman–Crippen MR) is 99.9 cm³/mol. The van der Waals surface area contributed by atoms with Gasteiger partial charge in [-0.3, -0.25) is 18.7 Å². The summed E-state index contributed by atoms with van der Waals surface area (Å²) in [5.74, 6) is -1.65. The van der Waals surface area contributed by atoms with Crippen molar-refractivity contribution in [2.75, 3.05) is 7.11 Å². The molecule has 0 bridgehead atoms. The van der Waals surface area contributed by atoms with Gasteiger partial charge in [-0.25, -0.2) is 9.18 Å². The number of ether oxygens (including phenoxy) is 1. The number of rotatable bonds is 5. The van der Waals surface area contributed by atoms with Crippen LogP contribution in [-0.4, -0.2) is 27.3 Å². The standard InChI is InChI=1S/C18H14BrFN2O5/c1-27-14-4-2-3-12-16(14)21(9-15(23)24)18(26)22(17(12)25)8-10-5-6-11(19)7-13(10)20/h2-7H,8-9H2,1H3,(H,23,24). The van der Waals surface area contributed by atoms with E-state index in [4.69, 9.17) is 4.74 Å². The van der Waals surface area contributed by atoms with Crippen molar-refractivity contribution in [3.63, 3.8) is 0 Å². The number of carboxylic acid groups (broad SMARTS) is 1. The fourth-order valence-corrected chi connectivity index (χ4v) is 3.19. The molecule has 0 radical (unpaired) electrons. The molecule has 0 aliphatic heterocycles. The third-order valence-corrected chi connectivity index (χ3v) is 4.56. The van der Waals surface area contributed by atoms with Crippen LogP contribution in [-0.2, 0) is 17.9 Å². The molecule has 0 fully saturated rings. The topological polar surface area (TPSA) is 90.5 Å². The van der Waals surface area contributed by atoms with Crippen LogP contribution in [0.2, 0.25) is 0 Å². The largest absolute Gasteiger partial charge is 0.495 e. The van der Waals surface area contributed by atoms with Gasteiger partial charge in [0.05, 0.1) is 19.0 Å². The van der Waals surface area contributed by atoms with E-state index in [1.165, 1.54) is 31.4 Å². The number of aliphatic carboxylic acids is 1. The van der Waals surface area contributed by atoms with Crippen LogP contribution in [0.1, 0.15) is 5.56 Å². The van der Waals surface area contributed by atoms with E-state index in [1.807, 2.05) is 0 Å². The summed E-state index contributed by atoms with van der Waals surface area (Å²) in [6, 6.07) is 8.81. The van der Waals surface area contributed by atoms with Crippen molar-refractivity contribution in [2.45, 2.75) is 13.1 Å². The molecule has 0 aliphatic carbocycles. The van der Waals surface area contributed by atoms with Crippen molar-refractivity contribution in [1.82, 2.24) is 9.13 Å². The Kier molecular flexibility index (Phi) is 5.13. The number of benzene rings is 2. The highest BCUT2D eigenvalue weighted by Gasteiger charge is 2.19. The quantitative estimate of drug-likeness (QED) is 0.661. The molecular weight excluding hydrogens is 423 g/mol. The summed E-state index contributed by atoms with van der Waals surface area (Å²) in [7, 11) is 1.35. The van der Waals surface area contributed by atoms with E-state index in [2.05, 4.69) is 15.9 Å². The van der Waals surface area contributed by atoms with Gasteiger partial charge in [-0.1, -0.05) is 28.1 Å². The van der Waals surface area contributed by atoms with Gasteiger partial charge in [0.2, 0.25) is 0 Å². The lowest BCUT2D eigenvalue weighted by Crippen LogP contribution is -2.41. The lowest BCUT2D eigenvalue weighted by Gasteiger charge is -2.15. The van der Waals surface area contributed by atoms with Gasteiger partial charge in [-0.2, -0.15) is 0 Å². The molecular formula is C18H14BrFN2O5. The molecule has 0 atom stereocenters. The van der Waals surface area contributed by atoms with E-state index in [-0.39, 0.29) is 28.8 Å². The third kappa shape index (κ3) is 3.50. The first-order valence-electron chi connectivity index (χ1n) is 7.79. The normalized spacial score (nSPS) is 10.9. The van der Waals surface area contributed by atoms with E-state index in [1.54, 1.807) is 12.1 Å². The van der Waals surface area contributed by atoms with Gasteiger partial charge in [0, 0.05) is 10.0 Å². The van der Waals surface area contributed by atoms with Gasteiger partial charge in [-0.15, -0.1) is 0 Å². The van der Waals surface area contributed by atoms with Crippen LogP contribution in [0.25, 0.3) is 10.9 Å².